The number of rotatable bonds is 8. The summed E-state index contributed by atoms with van der Waals surface area (Å²) in [4.78, 5) is 32.5. The summed E-state index contributed by atoms with van der Waals surface area (Å²) < 4.78 is 0. The largest absolute Gasteiger partial charge is 0.391 e. The maximum Gasteiger partial charge on any atom is 0.243 e. The van der Waals surface area contributed by atoms with Gasteiger partial charge in [0.15, 0.2) is 0 Å². The number of nitrogens with one attached hydrogen (secondary N) is 2. The fourth-order valence-corrected chi connectivity index (χ4v) is 5.44. The highest BCUT2D eigenvalue weighted by atomic mass is 16.3. The number of β-amino-alcohol motifs (C(OH)–C–C–N with tert-alkyl or cyclic N) is 1. The summed E-state index contributed by atoms with van der Waals surface area (Å²) in [6.45, 7) is 4.75. The molecule has 0 spiro atoms. The van der Waals surface area contributed by atoms with Gasteiger partial charge in [-0.05, 0) is 48.3 Å². The van der Waals surface area contributed by atoms with Crippen molar-refractivity contribution in [1.82, 2.24) is 20.5 Å². The molecule has 8 nitrogen and oxygen atoms in total. The van der Waals surface area contributed by atoms with Gasteiger partial charge in [0.05, 0.1) is 12.1 Å². The molecule has 2 fully saturated rings. The number of hydrogen-bond donors (Lipinski definition) is 4. The topological polar surface area (TPSA) is 121 Å². The molecule has 2 heterocycles. The molecule has 1 aromatic heterocycles. The van der Waals surface area contributed by atoms with E-state index in [4.69, 9.17) is 5.73 Å². The first-order chi connectivity index (χ1) is 16.8. The Morgan fingerprint density at radius 3 is 2.71 bits per heavy atom. The van der Waals surface area contributed by atoms with Crippen LogP contribution in [0.2, 0.25) is 0 Å². The van der Waals surface area contributed by atoms with Crippen molar-refractivity contribution in [2.24, 2.45) is 5.92 Å². The third kappa shape index (κ3) is 6.30. The van der Waals surface area contributed by atoms with E-state index in [1.165, 1.54) is 19.3 Å². The molecule has 3 atom stereocenters. The van der Waals surface area contributed by atoms with Crippen molar-refractivity contribution in [3.05, 3.63) is 36.0 Å². The van der Waals surface area contributed by atoms with Crippen molar-refractivity contribution in [1.29, 1.82) is 0 Å². The van der Waals surface area contributed by atoms with Crippen LogP contribution in [0.15, 0.2) is 30.5 Å². The molecule has 0 unspecified atom stereocenters. The number of fused-ring (bicyclic) bond motifs is 1. The number of amides is 2. The number of aliphatic hydroxyl groups excluding tert-OH is 1. The number of benzene rings is 1. The van der Waals surface area contributed by atoms with E-state index >= 15 is 0 Å². The lowest BCUT2D eigenvalue weighted by atomic mass is 9.93. The van der Waals surface area contributed by atoms with Crippen molar-refractivity contribution in [2.45, 2.75) is 89.6 Å². The molecule has 8 heteroatoms. The highest BCUT2D eigenvalue weighted by Crippen LogP contribution is 2.24. The van der Waals surface area contributed by atoms with E-state index in [0.29, 0.717) is 30.7 Å². The van der Waals surface area contributed by atoms with Gasteiger partial charge in [0.2, 0.25) is 11.8 Å². The number of anilines is 1. The monoisotopic (exact) mass is 481 g/mol. The van der Waals surface area contributed by atoms with E-state index in [2.05, 4.69) is 29.5 Å². The molecule has 5 N–H and O–H groups in total. The van der Waals surface area contributed by atoms with Gasteiger partial charge in [-0.1, -0.05) is 45.2 Å². The second kappa shape index (κ2) is 11.4. The van der Waals surface area contributed by atoms with Crippen molar-refractivity contribution in [3.8, 4) is 0 Å². The summed E-state index contributed by atoms with van der Waals surface area (Å²) in [5.41, 5.74) is 6.87. The zero-order valence-electron chi connectivity index (χ0n) is 20.9. The molecular formula is C27H39N5O3. The van der Waals surface area contributed by atoms with Crippen LogP contribution in [0.1, 0.15) is 64.4 Å². The van der Waals surface area contributed by atoms with E-state index in [1.54, 1.807) is 11.1 Å². The maximum atomic E-state index is 13.6. The van der Waals surface area contributed by atoms with Crippen molar-refractivity contribution >= 4 is 28.4 Å². The van der Waals surface area contributed by atoms with Crippen molar-refractivity contribution in [3.63, 3.8) is 0 Å². The molecule has 1 saturated carbocycles. The summed E-state index contributed by atoms with van der Waals surface area (Å²) in [6.07, 6.45) is 7.74. The first-order valence-corrected chi connectivity index (χ1v) is 13.0. The fraction of sp³-hybridized carbons (Fsp3) is 0.593. The molecule has 2 aromatic rings. The van der Waals surface area contributed by atoms with Crippen molar-refractivity contribution in [2.75, 3.05) is 12.3 Å². The number of aliphatic hydroxyl groups is 1. The number of pyridine rings is 1. The normalized spacial score (nSPS) is 22.0. The molecule has 1 aromatic carbocycles. The number of carbonyl (C=O) groups is 2. The summed E-state index contributed by atoms with van der Waals surface area (Å²) in [7, 11) is 0. The minimum atomic E-state index is -0.694. The Labute approximate surface area is 207 Å². The highest BCUT2D eigenvalue weighted by Gasteiger charge is 2.41. The van der Waals surface area contributed by atoms with Crippen LogP contribution < -0.4 is 16.4 Å². The second-order valence-electron chi connectivity index (χ2n) is 10.5. The SMILES string of the molecule is CC(C)C[C@@H](NC1CCCCC1)C(=O)N1C[C@@H](O)C[C@H]1C(=O)NCc1ccc2c(N)nccc2c1. The minimum absolute atomic E-state index is 0.0744. The average Bonchev–Trinajstić information content (AvgIpc) is 3.24. The van der Waals surface area contributed by atoms with Gasteiger partial charge in [0.25, 0.3) is 0 Å². The van der Waals surface area contributed by atoms with Crippen molar-refractivity contribution < 1.29 is 14.7 Å². The highest BCUT2D eigenvalue weighted by molar-refractivity contribution is 5.92. The summed E-state index contributed by atoms with van der Waals surface area (Å²) in [5, 5.41) is 18.8. The Hall–Kier alpha value is -2.71. The van der Waals surface area contributed by atoms with Gasteiger partial charge in [0.1, 0.15) is 11.9 Å². The zero-order valence-corrected chi connectivity index (χ0v) is 20.9. The smallest absolute Gasteiger partial charge is 0.243 e. The number of likely N-dealkylation sites (tertiary alicyclic amines) is 1. The Morgan fingerprint density at radius 2 is 1.97 bits per heavy atom. The van der Waals surface area contributed by atoms with Gasteiger partial charge in [-0.3, -0.25) is 9.59 Å². The number of hydrogen-bond acceptors (Lipinski definition) is 6. The van der Waals surface area contributed by atoms with Crippen LogP contribution in [0.25, 0.3) is 10.8 Å². The number of carbonyl (C=O) groups excluding carboxylic acids is 2. The van der Waals surface area contributed by atoms with E-state index in [9.17, 15) is 14.7 Å². The lowest BCUT2D eigenvalue weighted by Gasteiger charge is -2.33. The molecule has 4 rings (SSSR count). The molecule has 0 bridgehead atoms. The third-order valence-electron chi connectivity index (χ3n) is 7.24. The summed E-state index contributed by atoms with van der Waals surface area (Å²) >= 11 is 0. The minimum Gasteiger partial charge on any atom is -0.391 e. The van der Waals surface area contributed by atoms with Crippen LogP contribution in [0.5, 0.6) is 0 Å². The molecule has 190 valence electrons. The molecule has 1 aliphatic heterocycles. The quantitative estimate of drug-likeness (QED) is 0.460. The van der Waals surface area contributed by atoms with Gasteiger partial charge in [-0.15, -0.1) is 0 Å². The third-order valence-corrected chi connectivity index (χ3v) is 7.24. The van der Waals surface area contributed by atoms with E-state index in [0.717, 1.165) is 29.2 Å². The van der Waals surface area contributed by atoms with Gasteiger partial charge >= 0.3 is 0 Å². The van der Waals surface area contributed by atoms with Gasteiger partial charge in [0, 0.05) is 37.1 Å². The molecule has 1 saturated heterocycles. The molecule has 0 radical (unpaired) electrons. The van der Waals surface area contributed by atoms with Gasteiger partial charge in [-0.2, -0.15) is 0 Å². The summed E-state index contributed by atoms with van der Waals surface area (Å²) in [6, 6.07) is 7.03. The van der Waals surface area contributed by atoms with Gasteiger partial charge in [-0.25, -0.2) is 4.98 Å². The molecule has 2 amide bonds. The second-order valence-corrected chi connectivity index (χ2v) is 10.5. The first-order valence-electron chi connectivity index (χ1n) is 13.0. The first kappa shape index (κ1) is 25.4. The number of aromatic nitrogens is 1. The predicted octanol–water partition coefficient (Wildman–Crippen LogP) is 2.73. The lowest BCUT2D eigenvalue weighted by molar-refractivity contribution is -0.140. The van der Waals surface area contributed by atoms with Gasteiger partial charge < -0.3 is 26.4 Å². The maximum absolute atomic E-state index is 13.6. The Balaban J connectivity index is 1.42. The molecular weight excluding hydrogens is 442 g/mol. The average molecular weight is 482 g/mol. The Kier molecular flexibility index (Phi) is 8.23. The number of nitrogens with two attached hydrogens (primary N) is 1. The standard InChI is InChI=1S/C27H39N5O3/c1-17(2)12-23(31-20-6-4-3-5-7-20)27(35)32-16-21(33)14-24(32)26(34)30-15-18-8-9-22-19(13-18)10-11-29-25(22)28/h8-11,13,17,20-21,23-24,31,33H,3-7,12,14-16H2,1-2H3,(H2,28,29)(H,30,34)/t21-,23+,24-/m0/s1. The van der Waals surface area contributed by atoms with Crippen LogP contribution in [0.3, 0.4) is 0 Å². The molecule has 2 aliphatic rings. The Bertz CT molecular complexity index is 1040. The van der Waals surface area contributed by atoms with Crippen LogP contribution in [0, 0.1) is 5.92 Å². The fourth-order valence-electron chi connectivity index (χ4n) is 5.44. The number of nitrogens with zero attached hydrogens (tertiary/aromatic N) is 2. The van der Waals surface area contributed by atoms with Crippen LogP contribution >= 0.6 is 0 Å². The predicted molar refractivity (Wildman–Crippen MR) is 137 cm³/mol. The van der Waals surface area contributed by atoms with E-state index in [1.807, 2.05) is 24.3 Å². The lowest BCUT2D eigenvalue weighted by Crippen LogP contribution is -2.54. The molecule has 35 heavy (non-hydrogen) atoms. The zero-order chi connectivity index (χ0) is 24.9. The summed E-state index contributed by atoms with van der Waals surface area (Å²) in [5.74, 6) is 0.516. The van der Waals surface area contributed by atoms with E-state index < -0.39 is 12.1 Å². The van der Waals surface area contributed by atoms with Crippen LogP contribution in [-0.4, -0.2) is 57.6 Å². The Morgan fingerprint density at radius 1 is 1.20 bits per heavy atom. The van der Waals surface area contributed by atoms with Crippen LogP contribution in [-0.2, 0) is 16.1 Å². The molecule has 1 aliphatic carbocycles. The number of nitrogen functional groups attached to an aromatic ring is 1. The van der Waals surface area contributed by atoms with Crippen LogP contribution in [0.4, 0.5) is 5.82 Å². The van der Waals surface area contributed by atoms with E-state index in [-0.39, 0.29) is 30.8 Å².